The van der Waals surface area contributed by atoms with E-state index >= 15 is 0 Å². The van der Waals surface area contributed by atoms with Gasteiger partial charge >= 0.3 is 0 Å². The number of halogens is 2. The Labute approximate surface area is 272 Å². The van der Waals surface area contributed by atoms with E-state index in [4.69, 9.17) is 14.2 Å². The summed E-state index contributed by atoms with van der Waals surface area (Å²) < 4.78 is 46.9. The molecular formula is C36H37F2N5O4. The number of hydrogen-bond acceptors (Lipinski definition) is 8. The van der Waals surface area contributed by atoms with E-state index in [2.05, 4.69) is 20.2 Å². The lowest BCUT2D eigenvalue weighted by Crippen LogP contribution is -2.47. The van der Waals surface area contributed by atoms with Crippen LogP contribution in [-0.4, -0.2) is 60.3 Å². The van der Waals surface area contributed by atoms with E-state index in [0.29, 0.717) is 34.3 Å². The SMILES string of the molecule is COc1ccc(CN2Cc3nc(-c4c(F)cccc4F)cc(Nc4ccc(N5CCC6(CCCCO6)CC5)cn4)c3C2=O)c(OC)c1. The average molecular weight is 642 g/mol. The number of carbonyl (C=O) groups excluding carboxylic acids is 1. The number of hydrogen-bond donors (Lipinski definition) is 1. The fourth-order valence-corrected chi connectivity index (χ4v) is 6.91. The minimum atomic E-state index is -0.739. The van der Waals surface area contributed by atoms with Gasteiger partial charge in [-0.2, -0.15) is 0 Å². The van der Waals surface area contributed by atoms with Crippen LogP contribution in [0.2, 0.25) is 0 Å². The summed E-state index contributed by atoms with van der Waals surface area (Å²) in [6.45, 7) is 3.02. The van der Waals surface area contributed by atoms with Gasteiger partial charge in [-0.1, -0.05) is 6.07 Å². The van der Waals surface area contributed by atoms with Gasteiger partial charge in [-0.3, -0.25) is 4.79 Å². The van der Waals surface area contributed by atoms with Crippen molar-refractivity contribution in [3.05, 3.63) is 89.2 Å². The minimum absolute atomic E-state index is 0.0136. The Morgan fingerprint density at radius 2 is 1.77 bits per heavy atom. The topological polar surface area (TPSA) is 89.0 Å². The Morgan fingerprint density at radius 3 is 2.45 bits per heavy atom. The van der Waals surface area contributed by atoms with Crippen molar-refractivity contribution in [3.8, 4) is 22.8 Å². The van der Waals surface area contributed by atoms with Crippen LogP contribution in [0.15, 0.2) is 60.8 Å². The summed E-state index contributed by atoms with van der Waals surface area (Å²) in [6, 6.07) is 14.5. The van der Waals surface area contributed by atoms with Crippen molar-refractivity contribution in [3.63, 3.8) is 0 Å². The highest BCUT2D eigenvalue weighted by Crippen LogP contribution is 2.38. The number of benzene rings is 2. The zero-order valence-corrected chi connectivity index (χ0v) is 26.5. The quantitative estimate of drug-likeness (QED) is 0.223. The van der Waals surface area contributed by atoms with Crippen LogP contribution in [0.5, 0.6) is 11.5 Å². The smallest absolute Gasteiger partial charge is 0.258 e. The number of piperidine rings is 1. The van der Waals surface area contributed by atoms with E-state index in [1.807, 2.05) is 24.4 Å². The molecule has 5 heterocycles. The number of methoxy groups -OCH3 is 2. The molecule has 7 rings (SSSR count). The molecular weight excluding hydrogens is 604 g/mol. The van der Waals surface area contributed by atoms with Gasteiger partial charge < -0.3 is 29.3 Å². The number of nitrogens with one attached hydrogen (secondary N) is 1. The van der Waals surface area contributed by atoms with Crippen LogP contribution < -0.4 is 19.7 Å². The van der Waals surface area contributed by atoms with Crippen molar-refractivity contribution < 1.29 is 27.8 Å². The van der Waals surface area contributed by atoms with Gasteiger partial charge in [-0.15, -0.1) is 0 Å². The van der Waals surface area contributed by atoms with Crippen LogP contribution in [0.4, 0.5) is 26.0 Å². The van der Waals surface area contributed by atoms with Crippen LogP contribution in [0.3, 0.4) is 0 Å². The van der Waals surface area contributed by atoms with Gasteiger partial charge in [-0.25, -0.2) is 18.7 Å². The summed E-state index contributed by atoms with van der Waals surface area (Å²) >= 11 is 0. The number of pyridine rings is 2. The maximum absolute atomic E-state index is 14.9. The Morgan fingerprint density at radius 1 is 0.957 bits per heavy atom. The van der Waals surface area contributed by atoms with Crippen LogP contribution in [0.25, 0.3) is 11.3 Å². The van der Waals surface area contributed by atoms with Crippen molar-refractivity contribution in [2.45, 2.75) is 50.8 Å². The molecule has 2 aromatic heterocycles. The molecule has 0 saturated carbocycles. The number of aromatic nitrogens is 2. The van der Waals surface area contributed by atoms with Crippen molar-refractivity contribution >= 4 is 23.1 Å². The number of ether oxygens (including phenoxy) is 3. The predicted octanol–water partition coefficient (Wildman–Crippen LogP) is 6.88. The molecule has 47 heavy (non-hydrogen) atoms. The predicted molar refractivity (Wildman–Crippen MR) is 174 cm³/mol. The normalized spacial score (nSPS) is 17.1. The Hall–Kier alpha value is -4.77. The van der Waals surface area contributed by atoms with Crippen LogP contribution in [0, 0.1) is 11.6 Å². The van der Waals surface area contributed by atoms with Gasteiger partial charge in [0, 0.05) is 31.3 Å². The molecule has 9 nitrogen and oxygen atoms in total. The summed E-state index contributed by atoms with van der Waals surface area (Å²) in [6.07, 6.45) is 7.29. The molecule has 0 atom stereocenters. The number of fused-ring (bicyclic) bond motifs is 1. The summed E-state index contributed by atoms with van der Waals surface area (Å²) in [5, 5.41) is 3.26. The van der Waals surface area contributed by atoms with Crippen molar-refractivity contribution in [2.24, 2.45) is 0 Å². The summed E-state index contributed by atoms with van der Waals surface area (Å²) in [7, 11) is 3.13. The first-order valence-corrected chi connectivity index (χ1v) is 16.0. The largest absolute Gasteiger partial charge is 0.497 e. The van der Waals surface area contributed by atoms with E-state index in [-0.39, 0.29) is 35.9 Å². The molecule has 1 N–H and O–H groups in total. The first-order valence-electron chi connectivity index (χ1n) is 16.0. The van der Waals surface area contributed by atoms with Gasteiger partial charge in [-0.05, 0) is 74.6 Å². The molecule has 0 bridgehead atoms. The van der Waals surface area contributed by atoms with Crippen molar-refractivity contribution in [2.75, 3.05) is 44.1 Å². The Bertz CT molecular complexity index is 1770. The molecule has 2 fully saturated rings. The third-order valence-electron chi connectivity index (χ3n) is 9.50. The van der Waals surface area contributed by atoms with E-state index in [0.717, 1.165) is 56.6 Å². The summed E-state index contributed by atoms with van der Waals surface area (Å²) in [4.78, 5) is 27.1. The fraction of sp³-hybridized carbons (Fsp3) is 0.361. The van der Waals surface area contributed by atoms with Crippen molar-refractivity contribution in [1.29, 1.82) is 0 Å². The lowest BCUT2D eigenvalue weighted by atomic mass is 9.84. The standard InChI is InChI=1S/C36H37F2N5O4/c1-45-25-10-8-23(31(18-25)46-2)21-43-22-30-34(35(43)44)29(19-28(40-30)33-26(37)6-5-7-27(33)38)41-32-11-9-24(20-39-32)42-15-13-36(14-16-42)12-3-4-17-47-36/h5-11,18-20H,3-4,12-17,21-22H2,1-2H3,(H,39,40,41). The summed E-state index contributed by atoms with van der Waals surface area (Å²) in [5.74, 6) is -0.0410. The second-order valence-electron chi connectivity index (χ2n) is 12.3. The number of amides is 1. The van der Waals surface area contributed by atoms with Crippen LogP contribution in [0.1, 0.15) is 53.7 Å². The summed E-state index contributed by atoms with van der Waals surface area (Å²) in [5.41, 5.74) is 2.74. The molecule has 0 unspecified atom stereocenters. The molecule has 0 aliphatic carbocycles. The zero-order chi connectivity index (χ0) is 32.5. The highest BCUT2D eigenvalue weighted by molar-refractivity contribution is 6.04. The molecule has 3 aliphatic heterocycles. The minimum Gasteiger partial charge on any atom is -0.497 e. The number of anilines is 3. The van der Waals surface area contributed by atoms with Crippen LogP contribution in [-0.2, 0) is 17.8 Å². The Balaban J connectivity index is 1.16. The highest BCUT2D eigenvalue weighted by atomic mass is 19.1. The van der Waals surface area contributed by atoms with E-state index in [1.165, 1.54) is 30.7 Å². The zero-order valence-electron chi connectivity index (χ0n) is 26.5. The molecule has 244 valence electrons. The monoisotopic (exact) mass is 641 g/mol. The molecule has 2 aromatic carbocycles. The van der Waals surface area contributed by atoms with Gasteiger partial charge in [0.25, 0.3) is 5.91 Å². The highest BCUT2D eigenvalue weighted by Gasteiger charge is 2.37. The molecule has 1 spiro atoms. The van der Waals surface area contributed by atoms with Gasteiger partial charge in [0.2, 0.25) is 0 Å². The third-order valence-corrected chi connectivity index (χ3v) is 9.50. The first-order chi connectivity index (χ1) is 22.9. The van der Waals surface area contributed by atoms with Crippen LogP contribution >= 0.6 is 0 Å². The fourth-order valence-electron chi connectivity index (χ4n) is 6.91. The maximum Gasteiger partial charge on any atom is 0.258 e. The van der Waals surface area contributed by atoms with E-state index < -0.39 is 11.6 Å². The number of nitrogens with zero attached hydrogens (tertiary/aromatic N) is 4. The molecule has 11 heteroatoms. The first kappa shape index (κ1) is 30.9. The van der Waals surface area contributed by atoms with Gasteiger partial charge in [0.1, 0.15) is 29.0 Å². The molecule has 0 radical (unpaired) electrons. The van der Waals surface area contributed by atoms with E-state index in [1.54, 1.807) is 31.3 Å². The van der Waals surface area contributed by atoms with Gasteiger partial charge in [0.15, 0.2) is 0 Å². The number of carbonyl (C=O) groups is 1. The second kappa shape index (κ2) is 12.8. The number of rotatable bonds is 8. The maximum atomic E-state index is 14.9. The molecule has 4 aromatic rings. The second-order valence-corrected chi connectivity index (χ2v) is 12.3. The Kier molecular flexibility index (Phi) is 8.40. The third kappa shape index (κ3) is 6.07. The van der Waals surface area contributed by atoms with Crippen molar-refractivity contribution in [1.82, 2.24) is 14.9 Å². The lowest BCUT2D eigenvalue weighted by Gasteiger charge is -2.44. The lowest BCUT2D eigenvalue weighted by molar-refractivity contribution is -0.0920. The molecule has 2 saturated heterocycles. The average Bonchev–Trinajstić information content (AvgIpc) is 3.40. The van der Waals surface area contributed by atoms with Gasteiger partial charge in [0.05, 0.1) is 73.0 Å². The van der Waals surface area contributed by atoms with E-state index in [9.17, 15) is 13.6 Å². The molecule has 1 amide bonds. The molecule has 3 aliphatic rings.